The Morgan fingerprint density at radius 3 is 3.00 bits per heavy atom. The van der Waals surface area contributed by atoms with E-state index in [9.17, 15) is 0 Å². The van der Waals surface area contributed by atoms with Crippen molar-refractivity contribution in [1.29, 1.82) is 0 Å². The summed E-state index contributed by atoms with van der Waals surface area (Å²) < 4.78 is 5.54. The van der Waals surface area contributed by atoms with Gasteiger partial charge in [0.25, 0.3) is 0 Å². The van der Waals surface area contributed by atoms with Crippen LogP contribution in [0.5, 0.6) is 0 Å². The maximum absolute atomic E-state index is 5.54. The molecule has 1 heterocycles. The normalized spacial score (nSPS) is 21.1. The van der Waals surface area contributed by atoms with Crippen molar-refractivity contribution in [2.45, 2.75) is 24.7 Å². The Morgan fingerprint density at radius 2 is 2.25 bits per heavy atom. The van der Waals surface area contributed by atoms with E-state index >= 15 is 0 Å². The number of rotatable bonds is 3. The Labute approximate surface area is 106 Å². The van der Waals surface area contributed by atoms with Crippen molar-refractivity contribution in [2.75, 3.05) is 24.7 Å². The van der Waals surface area contributed by atoms with Crippen molar-refractivity contribution in [3.05, 3.63) is 29.8 Å². The first-order chi connectivity index (χ1) is 7.86. The van der Waals surface area contributed by atoms with Gasteiger partial charge in [-0.05, 0) is 18.1 Å². The third-order valence-electron chi connectivity index (χ3n) is 3.14. The zero-order valence-corrected chi connectivity index (χ0v) is 11.2. The van der Waals surface area contributed by atoms with E-state index in [0.29, 0.717) is 6.04 Å². The van der Waals surface area contributed by atoms with Gasteiger partial charge in [0.1, 0.15) is 0 Å². The van der Waals surface area contributed by atoms with Crippen molar-refractivity contribution < 1.29 is 4.74 Å². The van der Waals surface area contributed by atoms with Gasteiger partial charge in [0.05, 0.1) is 19.3 Å². The highest BCUT2D eigenvalue weighted by atomic mass is 79.9. The summed E-state index contributed by atoms with van der Waals surface area (Å²) in [6.45, 7) is 4.92. The molecular weight excluding hydrogens is 266 g/mol. The van der Waals surface area contributed by atoms with Gasteiger partial charge < -0.3 is 9.64 Å². The summed E-state index contributed by atoms with van der Waals surface area (Å²) in [5, 5.41) is 0.914. The maximum atomic E-state index is 5.54. The quantitative estimate of drug-likeness (QED) is 0.790. The number of alkyl halides is 1. The average Bonchev–Trinajstić information content (AvgIpc) is 2.38. The highest BCUT2D eigenvalue weighted by Crippen LogP contribution is 2.26. The first kappa shape index (κ1) is 11.9. The molecule has 2 rings (SSSR count). The number of halogens is 1. The van der Waals surface area contributed by atoms with E-state index in [0.717, 1.165) is 31.5 Å². The van der Waals surface area contributed by atoms with Crippen LogP contribution in [0.2, 0.25) is 0 Å². The van der Waals surface area contributed by atoms with E-state index < -0.39 is 0 Å². The first-order valence-corrected chi connectivity index (χ1v) is 6.97. The molecule has 1 unspecified atom stereocenters. The Balaban J connectivity index is 2.26. The van der Waals surface area contributed by atoms with Gasteiger partial charge in [-0.1, -0.05) is 41.1 Å². The van der Waals surface area contributed by atoms with Gasteiger partial charge in [0.15, 0.2) is 0 Å². The van der Waals surface area contributed by atoms with Gasteiger partial charge in [-0.3, -0.25) is 0 Å². The van der Waals surface area contributed by atoms with Crippen LogP contribution in [0.15, 0.2) is 24.3 Å². The second kappa shape index (κ2) is 5.69. The van der Waals surface area contributed by atoms with E-state index in [1.165, 1.54) is 11.3 Å². The molecule has 1 aromatic rings. The van der Waals surface area contributed by atoms with Gasteiger partial charge in [0.2, 0.25) is 0 Å². The molecule has 3 heteroatoms. The van der Waals surface area contributed by atoms with Gasteiger partial charge in [-0.2, -0.15) is 0 Å². The van der Waals surface area contributed by atoms with Crippen LogP contribution in [-0.2, 0) is 10.1 Å². The van der Waals surface area contributed by atoms with Crippen LogP contribution in [0, 0.1) is 0 Å². The van der Waals surface area contributed by atoms with Crippen LogP contribution < -0.4 is 4.90 Å². The monoisotopic (exact) mass is 283 g/mol. The van der Waals surface area contributed by atoms with E-state index in [4.69, 9.17) is 4.74 Å². The predicted molar refractivity (Wildman–Crippen MR) is 71.3 cm³/mol. The van der Waals surface area contributed by atoms with Crippen molar-refractivity contribution in [1.82, 2.24) is 0 Å². The van der Waals surface area contributed by atoms with Crippen molar-refractivity contribution in [3.63, 3.8) is 0 Å². The first-order valence-electron chi connectivity index (χ1n) is 5.85. The van der Waals surface area contributed by atoms with Crippen molar-refractivity contribution >= 4 is 21.6 Å². The summed E-state index contributed by atoms with van der Waals surface area (Å²) in [4.78, 5) is 2.49. The molecule has 1 aliphatic heterocycles. The highest BCUT2D eigenvalue weighted by Gasteiger charge is 2.22. The second-order valence-corrected chi connectivity index (χ2v) is 4.65. The third-order valence-corrected chi connectivity index (χ3v) is 3.75. The molecule has 16 heavy (non-hydrogen) atoms. The molecule has 1 aliphatic rings. The lowest BCUT2D eigenvalue weighted by Crippen LogP contribution is -2.45. The number of ether oxygens (including phenoxy) is 1. The number of morpholine rings is 1. The zero-order valence-electron chi connectivity index (χ0n) is 9.66. The molecule has 0 saturated carbocycles. The molecule has 0 amide bonds. The van der Waals surface area contributed by atoms with Gasteiger partial charge in [0, 0.05) is 17.6 Å². The SMILES string of the molecule is CCC1COCCN1c1ccccc1CBr. The van der Waals surface area contributed by atoms with Crippen LogP contribution in [0.3, 0.4) is 0 Å². The number of hydrogen-bond donors (Lipinski definition) is 0. The molecule has 0 radical (unpaired) electrons. The summed E-state index contributed by atoms with van der Waals surface area (Å²) in [5.74, 6) is 0. The number of hydrogen-bond acceptors (Lipinski definition) is 2. The van der Waals surface area contributed by atoms with E-state index in [2.05, 4.69) is 52.0 Å². The molecule has 0 aliphatic carbocycles. The van der Waals surface area contributed by atoms with Crippen LogP contribution in [0.4, 0.5) is 5.69 Å². The van der Waals surface area contributed by atoms with Gasteiger partial charge in [-0.15, -0.1) is 0 Å². The smallest absolute Gasteiger partial charge is 0.0670 e. The minimum absolute atomic E-state index is 0.522. The fourth-order valence-electron chi connectivity index (χ4n) is 2.21. The minimum Gasteiger partial charge on any atom is -0.377 e. The standard InChI is InChI=1S/C13H18BrNO/c1-2-12-10-16-8-7-15(12)13-6-4-3-5-11(13)9-14/h3-6,12H,2,7-10H2,1H3. The number of anilines is 1. The Morgan fingerprint density at radius 1 is 1.44 bits per heavy atom. The van der Waals surface area contributed by atoms with E-state index in [-0.39, 0.29) is 0 Å². The largest absolute Gasteiger partial charge is 0.377 e. The molecule has 1 fully saturated rings. The fourth-order valence-corrected chi connectivity index (χ4v) is 2.69. The molecule has 1 saturated heterocycles. The molecular formula is C13H18BrNO. The Kier molecular flexibility index (Phi) is 4.24. The molecule has 1 aromatic carbocycles. The molecule has 0 bridgehead atoms. The summed E-state index contributed by atoms with van der Waals surface area (Å²) in [6, 6.07) is 9.14. The topological polar surface area (TPSA) is 12.5 Å². The fraction of sp³-hybridized carbons (Fsp3) is 0.538. The molecule has 88 valence electrons. The van der Waals surface area contributed by atoms with E-state index in [1.54, 1.807) is 0 Å². The lowest BCUT2D eigenvalue weighted by molar-refractivity contribution is 0.0929. The van der Waals surface area contributed by atoms with Crippen LogP contribution >= 0.6 is 15.9 Å². The van der Waals surface area contributed by atoms with E-state index in [1.807, 2.05) is 0 Å². The molecule has 0 spiro atoms. The summed E-state index contributed by atoms with van der Waals surface area (Å²) in [6.07, 6.45) is 1.14. The van der Waals surface area contributed by atoms with Gasteiger partial charge >= 0.3 is 0 Å². The Hall–Kier alpha value is -0.540. The second-order valence-electron chi connectivity index (χ2n) is 4.09. The number of nitrogens with zero attached hydrogens (tertiary/aromatic N) is 1. The average molecular weight is 284 g/mol. The number of benzene rings is 1. The lowest BCUT2D eigenvalue weighted by atomic mass is 10.1. The summed E-state index contributed by atoms with van der Waals surface area (Å²) >= 11 is 3.56. The van der Waals surface area contributed by atoms with Crippen molar-refractivity contribution in [2.24, 2.45) is 0 Å². The van der Waals surface area contributed by atoms with Crippen LogP contribution in [0.1, 0.15) is 18.9 Å². The highest BCUT2D eigenvalue weighted by molar-refractivity contribution is 9.08. The zero-order chi connectivity index (χ0) is 11.4. The van der Waals surface area contributed by atoms with Crippen molar-refractivity contribution in [3.8, 4) is 0 Å². The summed E-state index contributed by atoms with van der Waals surface area (Å²) in [5.41, 5.74) is 2.72. The minimum atomic E-state index is 0.522. The Bertz CT molecular complexity index is 342. The predicted octanol–water partition coefficient (Wildman–Crippen LogP) is 3.20. The van der Waals surface area contributed by atoms with Gasteiger partial charge in [-0.25, -0.2) is 0 Å². The lowest BCUT2D eigenvalue weighted by Gasteiger charge is -2.38. The summed E-state index contributed by atoms with van der Waals surface area (Å²) in [7, 11) is 0. The molecule has 1 atom stereocenters. The third kappa shape index (κ3) is 2.41. The van der Waals surface area contributed by atoms with Crippen LogP contribution in [-0.4, -0.2) is 25.8 Å². The molecule has 0 N–H and O–H groups in total. The van der Waals surface area contributed by atoms with Crippen LogP contribution in [0.25, 0.3) is 0 Å². The number of para-hydroxylation sites is 1. The molecule has 0 aromatic heterocycles. The maximum Gasteiger partial charge on any atom is 0.0670 e. The molecule has 2 nitrogen and oxygen atoms in total.